The molecule has 2 aromatic rings. The molecule has 0 bridgehead atoms. The monoisotopic (exact) mass is 227 g/mol. The van der Waals surface area contributed by atoms with Crippen molar-refractivity contribution in [2.75, 3.05) is 7.11 Å². The Bertz CT molecular complexity index is 586. The smallest absolute Gasteiger partial charge is 0.343 e. The minimum Gasteiger partial charge on any atom is -0.465 e. The number of hydrogen-bond donors (Lipinski definition) is 2. The first-order chi connectivity index (χ1) is 7.15. The van der Waals surface area contributed by atoms with Crippen molar-refractivity contribution in [2.24, 2.45) is 0 Å². The topological polar surface area (TPSA) is 87.8 Å². The number of halogens is 1. The van der Waals surface area contributed by atoms with E-state index in [0.717, 1.165) is 0 Å². The Morgan fingerprint density at radius 3 is 3.00 bits per heavy atom. The second-order valence-corrected chi connectivity index (χ2v) is 3.14. The van der Waals surface area contributed by atoms with Crippen molar-refractivity contribution in [2.45, 2.75) is 0 Å². The van der Waals surface area contributed by atoms with E-state index in [-0.39, 0.29) is 21.7 Å². The van der Waals surface area contributed by atoms with Gasteiger partial charge in [0.25, 0.3) is 5.56 Å². The number of carbonyl (C=O) groups is 1. The summed E-state index contributed by atoms with van der Waals surface area (Å²) in [6.07, 6.45) is 1.20. The molecule has 2 aromatic heterocycles. The first-order valence-electron chi connectivity index (χ1n) is 3.98. The fourth-order valence-electron chi connectivity index (χ4n) is 1.27. The van der Waals surface area contributed by atoms with E-state index in [1.54, 1.807) is 0 Å². The maximum atomic E-state index is 11.3. The Morgan fingerprint density at radius 1 is 1.60 bits per heavy atom. The summed E-state index contributed by atoms with van der Waals surface area (Å²) >= 11 is 5.76. The van der Waals surface area contributed by atoms with Gasteiger partial charge in [0.1, 0.15) is 21.7 Å². The molecule has 0 unspecified atom stereocenters. The lowest BCUT2D eigenvalue weighted by Crippen LogP contribution is -2.07. The van der Waals surface area contributed by atoms with Crippen LogP contribution in [0.5, 0.6) is 0 Å². The highest BCUT2D eigenvalue weighted by atomic mass is 35.5. The van der Waals surface area contributed by atoms with Gasteiger partial charge in [-0.15, -0.1) is 0 Å². The highest BCUT2D eigenvalue weighted by Gasteiger charge is 2.20. The first-order valence-corrected chi connectivity index (χ1v) is 4.36. The number of ether oxygens (including phenoxy) is 1. The lowest BCUT2D eigenvalue weighted by atomic mass is 10.3. The highest BCUT2D eigenvalue weighted by Crippen LogP contribution is 2.22. The standard InChI is InChI=1S/C8H6ClN3O3/c1-15-8(14)3-4-5(12-6(3)9)7(13)11-2-10-4/h2,12H,1H3,(H,10,11,13). The Hall–Kier alpha value is -1.82. The predicted molar refractivity (Wildman–Crippen MR) is 53.1 cm³/mol. The number of aromatic nitrogens is 3. The molecular formula is C8H6ClN3O3. The molecule has 2 N–H and O–H groups in total. The van der Waals surface area contributed by atoms with Crippen LogP contribution >= 0.6 is 11.6 Å². The number of carbonyl (C=O) groups excluding carboxylic acids is 1. The summed E-state index contributed by atoms with van der Waals surface area (Å²) in [4.78, 5) is 31.5. The molecule has 2 rings (SSSR count). The van der Waals surface area contributed by atoms with Gasteiger partial charge in [-0.05, 0) is 0 Å². The maximum absolute atomic E-state index is 11.3. The third-order valence-corrected chi connectivity index (χ3v) is 2.22. The summed E-state index contributed by atoms with van der Waals surface area (Å²) in [5.74, 6) is -0.635. The van der Waals surface area contributed by atoms with Crippen LogP contribution in [-0.4, -0.2) is 28.0 Å². The van der Waals surface area contributed by atoms with E-state index in [9.17, 15) is 9.59 Å². The van der Waals surface area contributed by atoms with Gasteiger partial charge < -0.3 is 14.7 Å². The molecule has 6 nitrogen and oxygen atoms in total. The van der Waals surface area contributed by atoms with Crippen molar-refractivity contribution in [3.63, 3.8) is 0 Å². The van der Waals surface area contributed by atoms with Gasteiger partial charge in [-0.1, -0.05) is 11.6 Å². The summed E-state index contributed by atoms with van der Waals surface area (Å²) in [5, 5.41) is 0.0426. The molecule has 0 aromatic carbocycles. The fourth-order valence-corrected chi connectivity index (χ4v) is 1.53. The predicted octanol–water partition coefficient (Wildman–Crippen LogP) is 0.691. The van der Waals surface area contributed by atoms with Gasteiger partial charge in [0, 0.05) is 0 Å². The maximum Gasteiger partial charge on any atom is 0.343 e. The number of nitrogens with zero attached hydrogens (tertiary/aromatic N) is 1. The Balaban J connectivity index is 2.85. The fraction of sp³-hybridized carbons (Fsp3) is 0.125. The molecule has 0 aliphatic carbocycles. The molecule has 0 amide bonds. The minimum absolute atomic E-state index is 0.0426. The largest absolute Gasteiger partial charge is 0.465 e. The van der Waals surface area contributed by atoms with E-state index in [1.807, 2.05) is 0 Å². The average molecular weight is 228 g/mol. The average Bonchev–Trinajstić information content (AvgIpc) is 2.55. The van der Waals surface area contributed by atoms with Gasteiger partial charge in [0.15, 0.2) is 0 Å². The molecule has 15 heavy (non-hydrogen) atoms. The van der Waals surface area contributed by atoms with Crippen LogP contribution in [0.1, 0.15) is 10.4 Å². The van der Waals surface area contributed by atoms with Crippen molar-refractivity contribution in [3.8, 4) is 0 Å². The lowest BCUT2D eigenvalue weighted by Gasteiger charge is -1.95. The first kappa shape index (κ1) is 9.72. The second kappa shape index (κ2) is 3.39. The van der Waals surface area contributed by atoms with E-state index in [4.69, 9.17) is 11.6 Å². The summed E-state index contributed by atoms with van der Waals surface area (Å²) < 4.78 is 4.53. The quantitative estimate of drug-likeness (QED) is 0.702. The van der Waals surface area contributed by atoms with Crippen molar-refractivity contribution >= 4 is 28.6 Å². The lowest BCUT2D eigenvalue weighted by molar-refractivity contribution is 0.0603. The minimum atomic E-state index is -0.635. The zero-order valence-electron chi connectivity index (χ0n) is 7.63. The van der Waals surface area contributed by atoms with Gasteiger partial charge in [0.2, 0.25) is 0 Å². The van der Waals surface area contributed by atoms with Crippen LogP contribution in [0.25, 0.3) is 11.0 Å². The molecule has 0 spiro atoms. The molecule has 7 heteroatoms. The molecule has 0 atom stereocenters. The SMILES string of the molecule is COC(=O)c1c(Cl)[nH]c2c(=O)[nH]cnc12. The number of H-pyrrole nitrogens is 2. The third kappa shape index (κ3) is 1.39. The van der Waals surface area contributed by atoms with Gasteiger partial charge >= 0.3 is 5.97 Å². The Labute approximate surface area is 88.2 Å². The number of aromatic amines is 2. The van der Waals surface area contributed by atoms with Crippen LogP contribution in [0.3, 0.4) is 0 Å². The van der Waals surface area contributed by atoms with Gasteiger partial charge in [0.05, 0.1) is 13.4 Å². The van der Waals surface area contributed by atoms with E-state index in [1.165, 1.54) is 13.4 Å². The van der Waals surface area contributed by atoms with E-state index >= 15 is 0 Å². The zero-order valence-corrected chi connectivity index (χ0v) is 8.38. The number of methoxy groups -OCH3 is 1. The van der Waals surface area contributed by atoms with Gasteiger partial charge in [-0.2, -0.15) is 0 Å². The molecule has 0 aliphatic rings. The number of fused-ring (bicyclic) bond motifs is 1. The molecular weight excluding hydrogens is 222 g/mol. The molecule has 0 aliphatic heterocycles. The normalized spacial score (nSPS) is 10.5. The van der Waals surface area contributed by atoms with E-state index in [0.29, 0.717) is 0 Å². The van der Waals surface area contributed by atoms with Crippen molar-refractivity contribution in [1.29, 1.82) is 0 Å². The molecule has 0 fully saturated rings. The van der Waals surface area contributed by atoms with Crippen LogP contribution in [0.15, 0.2) is 11.1 Å². The van der Waals surface area contributed by atoms with Crippen LogP contribution in [0, 0.1) is 0 Å². The number of rotatable bonds is 1. The van der Waals surface area contributed by atoms with Crippen LogP contribution in [0.2, 0.25) is 5.15 Å². The van der Waals surface area contributed by atoms with Crippen LogP contribution in [-0.2, 0) is 4.74 Å². The summed E-state index contributed by atoms with van der Waals surface area (Å²) in [7, 11) is 1.23. The van der Waals surface area contributed by atoms with Gasteiger partial charge in [-0.3, -0.25) is 4.79 Å². The van der Waals surface area contributed by atoms with Crippen molar-refractivity contribution < 1.29 is 9.53 Å². The van der Waals surface area contributed by atoms with Crippen LogP contribution < -0.4 is 5.56 Å². The summed E-state index contributed by atoms with van der Waals surface area (Å²) in [6.45, 7) is 0. The molecule has 0 saturated carbocycles. The molecule has 78 valence electrons. The summed E-state index contributed by atoms with van der Waals surface area (Å²) in [6, 6.07) is 0. The van der Waals surface area contributed by atoms with Crippen LogP contribution in [0.4, 0.5) is 0 Å². The molecule has 0 saturated heterocycles. The third-order valence-electron chi connectivity index (χ3n) is 1.93. The molecule has 2 heterocycles. The van der Waals surface area contributed by atoms with Crippen molar-refractivity contribution in [3.05, 3.63) is 27.4 Å². The van der Waals surface area contributed by atoms with E-state index in [2.05, 4.69) is 19.7 Å². The van der Waals surface area contributed by atoms with Crippen molar-refractivity contribution in [1.82, 2.24) is 15.0 Å². The zero-order chi connectivity index (χ0) is 11.0. The van der Waals surface area contributed by atoms with E-state index < -0.39 is 11.5 Å². The second-order valence-electron chi connectivity index (χ2n) is 2.76. The number of nitrogens with one attached hydrogen (secondary N) is 2. The highest BCUT2D eigenvalue weighted by molar-refractivity contribution is 6.34. The Kier molecular flexibility index (Phi) is 2.20. The Morgan fingerprint density at radius 2 is 2.33 bits per heavy atom. The van der Waals surface area contributed by atoms with Gasteiger partial charge in [-0.25, -0.2) is 9.78 Å². The summed E-state index contributed by atoms with van der Waals surface area (Å²) in [5.41, 5.74) is 0.0378. The molecule has 0 radical (unpaired) electrons. The number of hydrogen-bond acceptors (Lipinski definition) is 4. The number of esters is 1.